The average molecular weight is 470 g/mol. The average Bonchev–Trinajstić information content (AvgIpc) is 3.33. The van der Waals surface area contributed by atoms with Gasteiger partial charge in [0.2, 0.25) is 5.91 Å². The molecule has 33 heavy (non-hydrogen) atoms. The van der Waals surface area contributed by atoms with E-state index in [2.05, 4.69) is 10.6 Å². The van der Waals surface area contributed by atoms with Crippen molar-refractivity contribution < 1.29 is 19.5 Å². The summed E-state index contributed by atoms with van der Waals surface area (Å²) in [6.07, 6.45) is 1.76. The lowest BCUT2D eigenvalue weighted by Crippen LogP contribution is -2.52. The molecule has 3 rings (SSSR count). The number of nitrogens with zero attached hydrogens (tertiary/aromatic N) is 1. The van der Waals surface area contributed by atoms with Crippen LogP contribution in [0.2, 0.25) is 0 Å². The monoisotopic (exact) mass is 469 g/mol. The molecule has 0 bridgehead atoms. The Labute approximate surface area is 200 Å². The maximum Gasteiger partial charge on any atom is 0.326 e. The fourth-order valence-electron chi connectivity index (χ4n) is 4.06. The molecule has 7 nitrogen and oxygen atoms in total. The minimum absolute atomic E-state index is 0.180. The predicted molar refractivity (Wildman–Crippen MR) is 130 cm³/mol. The molecule has 0 saturated carbocycles. The smallest absolute Gasteiger partial charge is 0.326 e. The molecule has 2 amide bonds. The first-order chi connectivity index (χ1) is 15.9. The Morgan fingerprint density at radius 2 is 1.73 bits per heavy atom. The molecular formula is C25H31N3O4S. The van der Waals surface area contributed by atoms with Crippen LogP contribution in [0.15, 0.2) is 60.7 Å². The highest BCUT2D eigenvalue weighted by atomic mass is 32.1. The highest BCUT2D eigenvalue weighted by Crippen LogP contribution is 2.19. The number of rotatable bonds is 10. The Kier molecular flexibility index (Phi) is 8.91. The third-order valence-corrected chi connectivity index (χ3v) is 6.48. The van der Waals surface area contributed by atoms with Gasteiger partial charge in [-0.1, -0.05) is 48.5 Å². The van der Waals surface area contributed by atoms with E-state index in [-0.39, 0.29) is 23.1 Å². The van der Waals surface area contributed by atoms with Crippen molar-refractivity contribution in [3.05, 3.63) is 71.8 Å². The molecule has 176 valence electrons. The lowest BCUT2D eigenvalue weighted by molar-refractivity contribution is -0.148. The molecule has 2 aromatic rings. The standard InChI is InChI=1S/C25H31N3O4S/c1-17(24(30)28-14-8-13-21(28)25(31)32)26-16-22(33)20(15-18-9-4-2-5-10-18)27-23(29)19-11-6-3-7-12-19/h2-7,9-12,17,20-22,26,33H,8,13-16H2,1H3,(H,27,29)(H,31,32)/t17-,20?,21-,22?/m0/s1. The summed E-state index contributed by atoms with van der Waals surface area (Å²) in [7, 11) is 0. The predicted octanol–water partition coefficient (Wildman–Crippen LogP) is 2.38. The van der Waals surface area contributed by atoms with Crippen LogP contribution in [0.25, 0.3) is 0 Å². The topological polar surface area (TPSA) is 98.7 Å². The van der Waals surface area contributed by atoms with Gasteiger partial charge in [-0.2, -0.15) is 12.6 Å². The number of aliphatic carboxylic acids is 1. The number of benzene rings is 2. The number of hydrogen-bond acceptors (Lipinski definition) is 5. The molecule has 2 unspecified atom stereocenters. The molecule has 0 spiro atoms. The summed E-state index contributed by atoms with van der Waals surface area (Å²) in [5.74, 6) is -1.37. The molecule has 8 heteroatoms. The van der Waals surface area contributed by atoms with Crippen molar-refractivity contribution in [3.63, 3.8) is 0 Å². The lowest BCUT2D eigenvalue weighted by atomic mass is 10.0. The van der Waals surface area contributed by atoms with Gasteiger partial charge in [0.1, 0.15) is 6.04 Å². The quantitative estimate of drug-likeness (QED) is 0.401. The summed E-state index contributed by atoms with van der Waals surface area (Å²) < 4.78 is 0. The summed E-state index contributed by atoms with van der Waals surface area (Å²) in [4.78, 5) is 38.4. The van der Waals surface area contributed by atoms with Crippen molar-refractivity contribution in [2.45, 2.75) is 49.6 Å². The van der Waals surface area contributed by atoms with Gasteiger partial charge in [0, 0.05) is 29.9 Å². The Bertz CT molecular complexity index is 941. The van der Waals surface area contributed by atoms with Crippen LogP contribution in [0, 0.1) is 0 Å². The van der Waals surface area contributed by atoms with Gasteiger partial charge >= 0.3 is 5.97 Å². The first-order valence-electron chi connectivity index (χ1n) is 11.2. The molecule has 1 aliphatic heterocycles. The molecule has 4 atom stereocenters. The van der Waals surface area contributed by atoms with Crippen molar-refractivity contribution in [2.24, 2.45) is 0 Å². The molecule has 3 N–H and O–H groups in total. The minimum Gasteiger partial charge on any atom is -0.480 e. The van der Waals surface area contributed by atoms with Crippen LogP contribution in [0.5, 0.6) is 0 Å². The third kappa shape index (κ3) is 6.82. The van der Waals surface area contributed by atoms with Gasteiger partial charge < -0.3 is 20.6 Å². The minimum atomic E-state index is -0.966. The number of carboxylic acids is 1. The van der Waals surface area contributed by atoms with Crippen molar-refractivity contribution in [3.8, 4) is 0 Å². The van der Waals surface area contributed by atoms with E-state index in [0.29, 0.717) is 37.9 Å². The molecule has 1 saturated heterocycles. The van der Waals surface area contributed by atoms with Crippen LogP contribution in [0.3, 0.4) is 0 Å². The highest BCUT2D eigenvalue weighted by molar-refractivity contribution is 7.81. The molecule has 1 fully saturated rings. The molecule has 1 heterocycles. The number of carboxylic acid groups (broad SMARTS) is 1. The zero-order valence-electron chi connectivity index (χ0n) is 18.7. The Morgan fingerprint density at radius 3 is 2.36 bits per heavy atom. The van der Waals surface area contributed by atoms with Crippen molar-refractivity contribution in [1.82, 2.24) is 15.5 Å². The van der Waals surface area contributed by atoms with E-state index in [4.69, 9.17) is 12.6 Å². The summed E-state index contributed by atoms with van der Waals surface area (Å²) in [6, 6.07) is 17.3. The van der Waals surface area contributed by atoms with E-state index in [1.807, 2.05) is 48.5 Å². The number of nitrogens with one attached hydrogen (secondary N) is 2. The van der Waals surface area contributed by atoms with E-state index < -0.39 is 18.1 Å². The van der Waals surface area contributed by atoms with Crippen LogP contribution >= 0.6 is 12.6 Å². The largest absolute Gasteiger partial charge is 0.480 e. The first kappa shape index (κ1) is 24.8. The fourth-order valence-corrected chi connectivity index (χ4v) is 4.34. The van der Waals surface area contributed by atoms with E-state index in [9.17, 15) is 19.5 Å². The second kappa shape index (κ2) is 11.9. The van der Waals surface area contributed by atoms with Gasteiger partial charge in [-0.15, -0.1) is 0 Å². The number of hydrogen-bond donors (Lipinski definition) is 4. The number of carbonyl (C=O) groups is 3. The summed E-state index contributed by atoms with van der Waals surface area (Å²) in [5, 5.41) is 15.3. The normalized spacial score (nSPS) is 18.4. The molecule has 1 aliphatic rings. The molecule has 0 radical (unpaired) electrons. The van der Waals surface area contributed by atoms with Gasteiger partial charge in [0.15, 0.2) is 0 Å². The van der Waals surface area contributed by atoms with Gasteiger partial charge in [-0.25, -0.2) is 4.79 Å². The summed E-state index contributed by atoms with van der Waals surface area (Å²) in [6.45, 7) is 2.55. The van der Waals surface area contributed by atoms with Crippen LogP contribution in [-0.2, 0) is 16.0 Å². The molecule has 0 aromatic heterocycles. The molecule has 0 aliphatic carbocycles. The van der Waals surface area contributed by atoms with E-state index in [1.54, 1.807) is 19.1 Å². The zero-order valence-corrected chi connectivity index (χ0v) is 19.6. The SMILES string of the molecule is C[C@H](NCC(S)C(Cc1ccccc1)NC(=O)c1ccccc1)C(=O)N1CCC[C@H]1C(=O)O. The van der Waals surface area contributed by atoms with E-state index in [0.717, 1.165) is 5.56 Å². The Hall–Kier alpha value is -2.84. The zero-order chi connectivity index (χ0) is 23.8. The van der Waals surface area contributed by atoms with Crippen molar-refractivity contribution in [1.29, 1.82) is 0 Å². The van der Waals surface area contributed by atoms with Gasteiger partial charge in [0.05, 0.1) is 6.04 Å². The fraction of sp³-hybridized carbons (Fsp3) is 0.400. The maximum absolute atomic E-state index is 12.8. The van der Waals surface area contributed by atoms with Crippen LogP contribution in [0.1, 0.15) is 35.7 Å². The molecular weight excluding hydrogens is 438 g/mol. The van der Waals surface area contributed by atoms with Crippen molar-refractivity contribution >= 4 is 30.4 Å². The Morgan fingerprint density at radius 1 is 1.09 bits per heavy atom. The maximum atomic E-state index is 12.8. The van der Waals surface area contributed by atoms with E-state index >= 15 is 0 Å². The van der Waals surface area contributed by atoms with Crippen molar-refractivity contribution in [2.75, 3.05) is 13.1 Å². The number of carbonyl (C=O) groups excluding carboxylic acids is 2. The van der Waals surface area contributed by atoms with E-state index in [1.165, 1.54) is 4.90 Å². The Balaban J connectivity index is 1.63. The van der Waals surface area contributed by atoms with Crippen LogP contribution in [-0.4, -0.2) is 64.3 Å². The number of amides is 2. The number of likely N-dealkylation sites (tertiary alicyclic amines) is 1. The van der Waals surface area contributed by atoms with Gasteiger partial charge in [-0.3, -0.25) is 9.59 Å². The third-order valence-electron chi connectivity index (χ3n) is 5.94. The second-order valence-electron chi connectivity index (χ2n) is 8.36. The first-order valence-corrected chi connectivity index (χ1v) is 11.7. The molecule has 2 aromatic carbocycles. The van der Waals surface area contributed by atoms with Crippen LogP contribution < -0.4 is 10.6 Å². The van der Waals surface area contributed by atoms with Crippen LogP contribution in [0.4, 0.5) is 0 Å². The second-order valence-corrected chi connectivity index (χ2v) is 9.02. The lowest BCUT2D eigenvalue weighted by Gasteiger charge is -2.28. The highest BCUT2D eigenvalue weighted by Gasteiger charge is 2.36. The summed E-state index contributed by atoms with van der Waals surface area (Å²) >= 11 is 4.75. The number of thiol groups is 1. The summed E-state index contributed by atoms with van der Waals surface area (Å²) in [5.41, 5.74) is 1.64. The van der Waals surface area contributed by atoms with Gasteiger partial charge in [-0.05, 0) is 43.9 Å². The van der Waals surface area contributed by atoms with Gasteiger partial charge in [0.25, 0.3) is 5.91 Å².